The van der Waals surface area contributed by atoms with Crippen molar-refractivity contribution in [1.29, 1.82) is 0 Å². The van der Waals surface area contributed by atoms with Gasteiger partial charge in [-0.15, -0.1) is 0 Å². The highest BCUT2D eigenvalue weighted by molar-refractivity contribution is 6.05. The number of aliphatic carboxylic acids is 1. The van der Waals surface area contributed by atoms with Gasteiger partial charge in [-0.1, -0.05) is 112 Å². The van der Waals surface area contributed by atoms with Crippen LogP contribution in [0.25, 0.3) is 0 Å². The van der Waals surface area contributed by atoms with Gasteiger partial charge >= 0.3 is 5.97 Å². The predicted molar refractivity (Wildman–Crippen MR) is 330 cm³/mol. The van der Waals surface area contributed by atoms with Crippen molar-refractivity contribution >= 4 is 59.1 Å². The molecule has 0 aromatic carbocycles. The van der Waals surface area contributed by atoms with Gasteiger partial charge in [-0.05, 0) is 97.3 Å². The third kappa shape index (κ3) is 29.3. The van der Waals surface area contributed by atoms with Crippen molar-refractivity contribution in [2.45, 2.75) is 247 Å². The number of carboxylic acids is 1. The van der Waals surface area contributed by atoms with Crippen molar-refractivity contribution in [2.75, 3.05) is 79.0 Å². The standard InChI is InChI=1S/C64H114N8O14/c1-13-17-21-28-63(11,27-20-16-4)48-42-54(77)71(58(48)82)37-26-52(75)69-61(7,8)33-41-86-62(9,10)31-24-50(73)66-34-38-70(56(79)45-85-46-57(80)81)39-35-67-53(76)44-65-47-84-40-32-60(5,6)68-51(74)25-36-72-55(78)43-49(59(72)83)64(12,29-22-18-14-2)30-23-19-15-3/h48-49,65H,13-47H2,1-12H3,(H,66,73)(H,67,76)(H,68,74)(H,69,75)(H,80,81). The van der Waals surface area contributed by atoms with Crippen molar-refractivity contribution < 1.29 is 67.3 Å². The number of likely N-dealkylation sites (tertiary alicyclic amines) is 2. The van der Waals surface area contributed by atoms with E-state index in [9.17, 15) is 47.9 Å². The molecule has 22 heteroatoms. The van der Waals surface area contributed by atoms with Crippen LogP contribution in [0.5, 0.6) is 0 Å². The molecule has 0 aromatic heterocycles. The normalized spacial score (nSPS) is 16.6. The molecule has 2 aliphatic rings. The summed E-state index contributed by atoms with van der Waals surface area (Å²) < 4.78 is 16.9. The Kier molecular flexibility index (Phi) is 35.0. The number of carbonyl (C=O) groups excluding carboxylic acids is 9. The van der Waals surface area contributed by atoms with Crippen molar-refractivity contribution in [3.63, 3.8) is 0 Å². The molecule has 2 fully saturated rings. The summed E-state index contributed by atoms with van der Waals surface area (Å²) in [6.07, 6.45) is 16.9. The number of nitrogens with one attached hydrogen (secondary N) is 5. The van der Waals surface area contributed by atoms with E-state index in [1.165, 1.54) is 14.7 Å². The van der Waals surface area contributed by atoms with E-state index in [0.717, 1.165) is 96.3 Å². The van der Waals surface area contributed by atoms with Crippen molar-refractivity contribution in [1.82, 2.24) is 41.3 Å². The molecule has 0 aliphatic carbocycles. The minimum absolute atomic E-state index is 0.00144. The van der Waals surface area contributed by atoms with Gasteiger partial charge in [0.25, 0.3) is 0 Å². The number of amides is 9. The second kappa shape index (κ2) is 39.1. The molecule has 86 heavy (non-hydrogen) atoms. The Morgan fingerprint density at radius 1 is 0.535 bits per heavy atom. The van der Waals surface area contributed by atoms with Crippen LogP contribution in [0.3, 0.4) is 0 Å². The maximum absolute atomic E-state index is 13.6. The first-order valence-corrected chi connectivity index (χ1v) is 32.3. The van der Waals surface area contributed by atoms with Crippen LogP contribution in [0.15, 0.2) is 0 Å². The van der Waals surface area contributed by atoms with Crippen LogP contribution in [0.1, 0.15) is 231 Å². The van der Waals surface area contributed by atoms with Crippen LogP contribution >= 0.6 is 0 Å². The van der Waals surface area contributed by atoms with Crippen LogP contribution in [-0.2, 0) is 62.2 Å². The van der Waals surface area contributed by atoms with Gasteiger partial charge in [0.2, 0.25) is 53.2 Å². The summed E-state index contributed by atoms with van der Waals surface area (Å²) in [7, 11) is 0. The first kappa shape index (κ1) is 77.0. The molecule has 0 spiro atoms. The minimum atomic E-state index is -1.24. The predicted octanol–water partition coefficient (Wildman–Crippen LogP) is 7.33. The topological polar surface area (TPSA) is 288 Å². The molecule has 0 bridgehead atoms. The number of hydrogen-bond acceptors (Lipinski definition) is 14. The first-order valence-electron chi connectivity index (χ1n) is 32.3. The van der Waals surface area contributed by atoms with Crippen molar-refractivity contribution in [3.05, 3.63) is 0 Å². The van der Waals surface area contributed by atoms with Gasteiger partial charge in [0.05, 0.1) is 37.3 Å². The molecule has 494 valence electrons. The van der Waals surface area contributed by atoms with Crippen LogP contribution < -0.4 is 26.6 Å². The van der Waals surface area contributed by atoms with E-state index in [1.807, 2.05) is 41.5 Å². The van der Waals surface area contributed by atoms with Gasteiger partial charge < -0.3 is 45.5 Å². The molecule has 0 saturated carbocycles. The molecule has 2 aliphatic heterocycles. The maximum atomic E-state index is 13.6. The molecule has 9 amide bonds. The number of carbonyl (C=O) groups is 10. The van der Waals surface area contributed by atoms with E-state index in [-0.39, 0.29) is 168 Å². The monoisotopic (exact) mass is 1220 g/mol. The quantitative estimate of drug-likeness (QED) is 0.0197. The highest BCUT2D eigenvalue weighted by atomic mass is 16.5. The smallest absolute Gasteiger partial charge is 0.329 e. The van der Waals surface area contributed by atoms with Crippen LogP contribution in [0.4, 0.5) is 0 Å². The molecule has 2 saturated heterocycles. The average Bonchev–Trinajstić information content (AvgIpc) is 2.68. The Morgan fingerprint density at radius 2 is 0.977 bits per heavy atom. The van der Waals surface area contributed by atoms with Crippen molar-refractivity contribution in [3.8, 4) is 0 Å². The molecule has 6 N–H and O–H groups in total. The van der Waals surface area contributed by atoms with E-state index in [1.54, 1.807) is 0 Å². The number of unbranched alkanes of at least 4 members (excludes halogenated alkanes) is 7. The van der Waals surface area contributed by atoms with Gasteiger partial charge in [0.15, 0.2) is 0 Å². The largest absolute Gasteiger partial charge is 0.480 e. The molecule has 2 heterocycles. The molecule has 0 radical (unpaired) electrons. The molecule has 3 unspecified atom stereocenters. The number of nitrogens with zero attached hydrogens (tertiary/aromatic N) is 3. The lowest BCUT2D eigenvalue weighted by atomic mass is 9.69. The van der Waals surface area contributed by atoms with Crippen molar-refractivity contribution in [2.24, 2.45) is 22.7 Å². The Hall–Kier alpha value is -5.06. The second-order valence-corrected chi connectivity index (χ2v) is 26.5. The molecular weight excluding hydrogens is 1100 g/mol. The van der Waals surface area contributed by atoms with E-state index < -0.39 is 41.8 Å². The summed E-state index contributed by atoms with van der Waals surface area (Å²) in [6, 6.07) is 0. The number of ether oxygens (including phenoxy) is 3. The first-order chi connectivity index (χ1) is 40.5. The number of imide groups is 2. The minimum Gasteiger partial charge on any atom is -0.480 e. The molecule has 2 rings (SSSR count). The lowest BCUT2D eigenvalue weighted by molar-refractivity contribution is -0.146. The number of rotatable bonds is 49. The van der Waals surface area contributed by atoms with Gasteiger partial charge in [0, 0.05) is 89.1 Å². The third-order valence-electron chi connectivity index (χ3n) is 17.2. The Morgan fingerprint density at radius 3 is 1.43 bits per heavy atom. The second-order valence-electron chi connectivity index (χ2n) is 26.5. The molecule has 3 atom stereocenters. The van der Waals surface area contributed by atoms with Gasteiger partial charge in [-0.2, -0.15) is 0 Å². The fourth-order valence-corrected chi connectivity index (χ4v) is 11.4. The number of carboxylic acid groups (broad SMARTS) is 1. The molecular formula is C64H114N8O14. The average molecular weight is 1220 g/mol. The van der Waals surface area contributed by atoms with E-state index >= 15 is 0 Å². The highest BCUT2D eigenvalue weighted by Crippen LogP contribution is 2.45. The van der Waals surface area contributed by atoms with E-state index in [0.29, 0.717) is 19.3 Å². The SMILES string of the molecule is CCCCCC(C)(CCCCC)C1CC(=O)N(CCC(=O)NC(C)(C)CCOCNCC(=O)NCCN(CCNC(=O)CCC(C)(C)OCCC(C)(C)NC(=O)CCN2C(=O)CC(C(C)(CCCC)CCCCC)C2=O)C(=O)COCC(=O)O)C1=O. The highest BCUT2D eigenvalue weighted by Gasteiger charge is 2.49. The summed E-state index contributed by atoms with van der Waals surface area (Å²) in [5.41, 5.74) is -2.53. The summed E-state index contributed by atoms with van der Waals surface area (Å²) in [6.45, 7) is 23.6. The van der Waals surface area contributed by atoms with E-state index in [4.69, 9.17) is 19.3 Å². The lowest BCUT2D eigenvalue weighted by Gasteiger charge is -2.34. The Bertz CT molecular complexity index is 2160. The van der Waals surface area contributed by atoms with Crippen LogP contribution in [0.2, 0.25) is 0 Å². The molecule has 22 nitrogen and oxygen atoms in total. The van der Waals surface area contributed by atoms with Gasteiger partial charge in [0.1, 0.15) is 13.2 Å². The summed E-state index contributed by atoms with van der Waals surface area (Å²) in [4.78, 5) is 133. The Balaban J connectivity index is 1.74. The Labute approximate surface area is 514 Å². The van der Waals surface area contributed by atoms with Gasteiger partial charge in [-0.25, -0.2) is 4.79 Å². The summed E-state index contributed by atoms with van der Waals surface area (Å²) in [5.74, 6) is -4.47. The summed E-state index contributed by atoms with van der Waals surface area (Å²) >= 11 is 0. The fourth-order valence-electron chi connectivity index (χ4n) is 11.4. The maximum Gasteiger partial charge on any atom is 0.329 e. The fraction of sp³-hybridized carbons (Fsp3) is 0.844. The third-order valence-corrected chi connectivity index (χ3v) is 17.2. The number of hydrogen-bond donors (Lipinski definition) is 6. The van der Waals surface area contributed by atoms with Gasteiger partial charge in [-0.3, -0.25) is 58.3 Å². The summed E-state index contributed by atoms with van der Waals surface area (Å²) in [5, 5.41) is 23.4. The zero-order chi connectivity index (χ0) is 64.6. The van der Waals surface area contributed by atoms with E-state index in [2.05, 4.69) is 68.1 Å². The molecule has 0 aromatic rings. The lowest BCUT2D eigenvalue weighted by Crippen LogP contribution is -2.46. The van der Waals surface area contributed by atoms with Crippen LogP contribution in [-0.4, -0.2) is 175 Å². The zero-order valence-corrected chi connectivity index (χ0v) is 55.0. The zero-order valence-electron chi connectivity index (χ0n) is 55.0. The van der Waals surface area contributed by atoms with Crippen LogP contribution in [0, 0.1) is 22.7 Å².